The van der Waals surface area contributed by atoms with Crippen molar-refractivity contribution < 1.29 is 0 Å². The van der Waals surface area contributed by atoms with Gasteiger partial charge in [0.1, 0.15) is 0 Å². The topological polar surface area (TPSA) is 41.3 Å². The summed E-state index contributed by atoms with van der Waals surface area (Å²) in [6.45, 7) is 5.87. The lowest BCUT2D eigenvalue weighted by Crippen LogP contribution is -2.36. The van der Waals surface area contributed by atoms with E-state index in [9.17, 15) is 0 Å². The zero-order valence-corrected chi connectivity index (χ0v) is 10.1. The minimum Gasteiger partial charge on any atom is -0.373 e. The van der Waals surface area contributed by atoms with Crippen molar-refractivity contribution in [2.45, 2.75) is 45.6 Å². The molecule has 1 aliphatic carbocycles. The van der Waals surface area contributed by atoms with Crippen molar-refractivity contribution in [3.8, 4) is 0 Å². The van der Waals surface area contributed by atoms with Gasteiger partial charge < -0.3 is 16.0 Å². The molecule has 1 heterocycles. The molecule has 0 bridgehead atoms. The van der Waals surface area contributed by atoms with Gasteiger partial charge >= 0.3 is 0 Å². The smallest absolute Gasteiger partial charge is 0.0870 e. The summed E-state index contributed by atoms with van der Waals surface area (Å²) >= 11 is 0. The minimum atomic E-state index is 0.758. The Morgan fingerprint density at radius 2 is 1.93 bits per heavy atom. The summed E-state index contributed by atoms with van der Waals surface area (Å²) < 4.78 is 0. The van der Waals surface area contributed by atoms with Crippen LogP contribution >= 0.6 is 0 Å². The molecule has 0 aromatic heterocycles. The molecule has 1 saturated carbocycles. The van der Waals surface area contributed by atoms with Crippen molar-refractivity contribution in [3.63, 3.8) is 0 Å². The van der Waals surface area contributed by atoms with Crippen molar-refractivity contribution in [1.82, 2.24) is 10.2 Å². The molecular formula is C12H25N3. The van der Waals surface area contributed by atoms with Gasteiger partial charge in [-0.1, -0.05) is 13.8 Å². The Bertz CT molecular complexity index is 183. The summed E-state index contributed by atoms with van der Waals surface area (Å²) in [6.07, 6.45) is 9.46. The molecule has 3 heteroatoms. The molecule has 3 nitrogen and oxygen atoms in total. The zero-order chi connectivity index (χ0) is 11.1. The molecule has 0 saturated heterocycles. The van der Waals surface area contributed by atoms with Crippen LogP contribution in [0.15, 0.2) is 12.4 Å². The minimum absolute atomic E-state index is 0.758. The van der Waals surface area contributed by atoms with Crippen molar-refractivity contribution in [1.29, 1.82) is 0 Å². The third-order valence-electron chi connectivity index (χ3n) is 3.28. The Balaban J connectivity index is 0.000000531. The summed E-state index contributed by atoms with van der Waals surface area (Å²) in [4.78, 5) is 2.41. The average molecular weight is 211 g/mol. The summed E-state index contributed by atoms with van der Waals surface area (Å²) in [7, 11) is 0. The van der Waals surface area contributed by atoms with Crippen LogP contribution in [0.1, 0.15) is 39.5 Å². The molecule has 0 aromatic rings. The molecule has 0 radical (unpaired) electrons. The van der Waals surface area contributed by atoms with Gasteiger partial charge in [0.05, 0.1) is 6.67 Å². The molecule has 0 unspecified atom stereocenters. The van der Waals surface area contributed by atoms with E-state index >= 15 is 0 Å². The largest absolute Gasteiger partial charge is 0.373 e. The van der Waals surface area contributed by atoms with Crippen molar-refractivity contribution in [2.24, 2.45) is 11.7 Å². The van der Waals surface area contributed by atoms with Gasteiger partial charge in [0, 0.05) is 18.4 Å². The van der Waals surface area contributed by atoms with Crippen LogP contribution < -0.4 is 11.1 Å². The second-order valence-electron chi connectivity index (χ2n) is 4.10. The van der Waals surface area contributed by atoms with Crippen LogP contribution in [-0.4, -0.2) is 24.2 Å². The van der Waals surface area contributed by atoms with E-state index in [0.717, 1.165) is 25.2 Å². The van der Waals surface area contributed by atoms with Gasteiger partial charge in [-0.2, -0.15) is 0 Å². The van der Waals surface area contributed by atoms with Crippen molar-refractivity contribution in [3.05, 3.63) is 12.4 Å². The molecule has 0 aromatic carbocycles. The Kier molecular flexibility index (Phi) is 5.54. The fourth-order valence-electron chi connectivity index (χ4n) is 2.32. The number of hydrogen-bond donors (Lipinski definition) is 2. The molecular weight excluding hydrogens is 186 g/mol. The molecule has 15 heavy (non-hydrogen) atoms. The summed E-state index contributed by atoms with van der Waals surface area (Å²) in [5.74, 6) is 0.788. The molecule has 1 fully saturated rings. The van der Waals surface area contributed by atoms with E-state index in [4.69, 9.17) is 5.73 Å². The van der Waals surface area contributed by atoms with Crippen LogP contribution in [0, 0.1) is 5.92 Å². The quantitative estimate of drug-likeness (QED) is 0.732. The highest BCUT2D eigenvalue weighted by Crippen LogP contribution is 2.27. The first-order valence-corrected chi connectivity index (χ1v) is 6.26. The van der Waals surface area contributed by atoms with E-state index in [1.165, 1.54) is 25.7 Å². The Labute approximate surface area is 93.7 Å². The van der Waals surface area contributed by atoms with Crippen LogP contribution in [0.3, 0.4) is 0 Å². The second kappa shape index (κ2) is 6.72. The molecule has 1 aliphatic heterocycles. The van der Waals surface area contributed by atoms with Crippen molar-refractivity contribution in [2.75, 3.05) is 13.2 Å². The third kappa shape index (κ3) is 3.42. The number of hydrogen-bond acceptors (Lipinski definition) is 3. The summed E-state index contributed by atoms with van der Waals surface area (Å²) in [5.41, 5.74) is 5.66. The fraction of sp³-hybridized carbons (Fsp3) is 0.833. The van der Waals surface area contributed by atoms with E-state index in [-0.39, 0.29) is 0 Å². The number of rotatable bonds is 2. The average Bonchev–Trinajstić information content (AvgIpc) is 2.85. The van der Waals surface area contributed by atoms with Gasteiger partial charge in [0.15, 0.2) is 0 Å². The highest BCUT2D eigenvalue weighted by atomic mass is 15.3. The van der Waals surface area contributed by atoms with Gasteiger partial charge in [-0.05, 0) is 38.1 Å². The normalized spacial score (nSPS) is 29.4. The predicted molar refractivity (Wildman–Crippen MR) is 65.1 cm³/mol. The van der Waals surface area contributed by atoms with E-state index < -0.39 is 0 Å². The first kappa shape index (κ1) is 12.4. The first-order chi connectivity index (χ1) is 7.40. The van der Waals surface area contributed by atoms with Gasteiger partial charge in [-0.3, -0.25) is 0 Å². The van der Waals surface area contributed by atoms with Gasteiger partial charge in [-0.15, -0.1) is 0 Å². The Morgan fingerprint density at radius 3 is 2.40 bits per heavy atom. The van der Waals surface area contributed by atoms with Gasteiger partial charge in [0.25, 0.3) is 0 Å². The lowest BCUT2D eigenvalue weighted by atomic mass is 9.85. The predicted octanol–water partition coefficient (Wildman–Crippen LogP) is 1.86. The highest BCUT2D eigenvalue weighted by molar-refractivity contribution is 4.93. The SMILES string of the molecule is CC.NCC1CCC(N2C=CNC2)CC1. The monoisotopic (exact) mass is 211 g/mol. The molecule has 0 amide bonds. The van der Waals surface area contributed by atoms with Crippen LogP contribution in [0.25, 0.3) is 0 Å². The van der Waals surface area contributed by atoms with Crippen LogP contribution in [0.5, 0.6) is 0 Å². The Hall–Kier alpha value is -0.700. The van der Waals surface area contributed by atoms with E-state index in [1.807, 2.05) is 20.0 Å². The maximum Gasteiger partial charge on any atom is 0.0870 e. The number of nitrogens with zero attached hydrogens (tertiary/aromatic N) is 1. The Morgan fingerprint density at radius 1 is 1.27 bits per heavy atom. The molecule has 88 valence electrons. The zero-order valence-electron chi connectivity index (χ0n) is 10.1. The lowest BCUT2D eigenvalue weighted by molar-refractivity contribution is 0.194. The second-order valence-corrected chi connectivity index (χ2v) is 4.10. The van der Waals surface area contributed by atoms with E-state index in [2.05, 4.69) is 16.4 Å². The number of nitrogens with one attached hydrogen (secondary N) is 1. The van der Waals surface area contributed by atoms with Gasteiger partial charge in [0.2, 0.25) is 0 Å². The van der Waals surface area contributed by atoms with Gasteiger partial charge in [-0.25, -0.2) is 0 Å². The standard InChI is InChI=1S/C10H19N3.C2H6/c11-7-9-1-3-10(4-2-9)13-6-5-12-8-13;1-2/h5-6,9-10,12H,1-4,7-8,11H2;1-2H3. The molecule has 0 atom stereocenters. The molecule has 3 N–H and O–H groups in total. The van der Waals surface area contributed by atoms with E-state index in [0.29, 0.717) is 0 Å². The molecule has 0 spiro atoms. The van der Waals surface area contributed by atoms with Crippen LogP contribution in [0.2, 0.25) is 0 Å². The summed E-state index contributed by atoms with van der Waals surface area (Å²) in [6, 6.07) is 0.758. The maximum atomic E-state index is 5.66. The fourth-order valence-corrected chi connectivity index (χ4v) is 2.32. The van der Waals surface area contributed by atoms with Crippen LogP contribution in [-0.2, 0) is 0 Å². The molecule has 2 rings (SSSR count). The van der Waals surface area contributed by atoms with Crippen LogP contribution in [0.4, 0.5) is 0 Å². The summed E-state index contributed by atoms with van der Waals surface area (Å²) in [5, 5.41) is 3.22. The highest BCUT2D eigenvalue weighted by Gasteiger charge is 2.24. The maximum absolute atomic E-state index is 5.66. The van der Waals surface area contributed by atoms with Crippen molar-refractivity contribution >= 4 is 0 Å². The third-order valence-corrected chi connectivity index (χ3v) is 3.28. The lowest BCUT2D eigenvalue weighted by Gasteiger charge is -2.33. The molecule has 2 aliphatic rings. The van der Waals surface area contributed by atoms with E-state index in [1.54, 1.807) is 0 Å². The number of nitrogens with two attached hydrogens (primary N) is 1. The first-order valence-electron chi connectivity index (χ1n) is 6.26.